The van der Waals surface area contributed by atoms with Crippen LogP contribution >= 0.6 is 0 Å². The van der Waals surface area contributed by atoms with Crippen LogP contribution in [0.4, 0.5) is 15.8 Å². The van der Waals surface area contributed by atoms with Crippen LogP contribution in [0.25, 0.3) is 0 Å². The molecule has 7 heteroatoms. The Morgan fingerprint density at radius 1 is 0.933 bits per heavy atom. The highest BCUT2D eigenvalue weighted by atomic mass is 32.2. The Bertz CT molecular complexity index is 933. The molecule has 0 spiro atoms. The molecular weight excluding hydrogens is 401 g/mol. The number of anilines is 2. The average Bonchev–Trinajstić information content (AvgIpc) is 2.74. The zero-order valence-electron chi connectivity index (χ0n) is 18.1. The molecule has 0 amide bonds. The van der Waals surface area contributed by atoms with Gasteiger partial charge in [0.05, 0.1) is 15.5 Å². The summed E-state index contributed by atoms with van der Waals surface area (Å²) in [6.07, 6.45) is 1.85. The van der Waals surface area contributed by atoms with Gasteiger partial charge in [-0.05, 0) is 62.4 Å². The average molecular weight is 434 g/mol. The van der Waals surface area contributed by atoms with E-state index in [0.29, 0.717) is 0 Å². The van der Waals surface area contributed by atoms with Crippen LogP contribution in [0, 0.1) is 5.82 Å². The topological polar surface area (TPSA) is 43.9 Å². The van der Waals surface area contributed by atoms with E-state index >= 15 is 0 Å². The van der Waals surface area contributed by atoms with Gasteiger partial charge < -0.3 is 14.7 Å². The van der Waals surface area contributed by atoms with Crippen molar-refractivity contribution >= 4 is 21.2 Å². The smallest absolute Gasteiger partial charge is 0.208 e. The van der Waals surface area contributed by atoms with Gasteiger partial charge in [0.1, 0.15) is 5.82 Å². The number of halogens is 1. The molecule has 0 atom stereocenters. The zero-order valence-corrected chi connectivity index (χ0v) is 19.0. The standard InChI is InChI=1S/C23H32FN3O2S/c1-4-12-27(13-5-2)22-18-20(26-16-14-25(3)15-17-26)8-11-23(22)30(28,29)21-9-6-19(24)7-10-21/h6-11,18H,4-5,12-17H2,1-3H3. The largest absolute Gasteiger partial charge is 0.370 e. The fraction of sp³-hybridized carbons (Fsp3) is 0.478. The van der Waals surface area contributed by atoms with Gasteiger partial charge in [-0.15, -0.1) is 0 Å². The van der Waals surface area contributed by atoms with Crippen molar-refractivity contribution in [2.75, 3.05) is 56.1 Å². The molecule has 2 aromatic carbocycles. The third kappa shape index (κ3) is 4.95. The fourth-order valence-corrected chi connectivity index (χ4v) is 5.33. The molecule has 3 rings (SSSR count). The van der Waals surface area contributed by atoms with Crippen molar-refractivity contribution in [2.45, 2.75) is 36.5 Å². The van der Waals surface area contributed by atoms with Crippen molar-refractivity contribution in [1.82, 2.24) is 4.90 Å². The number of hydrogen-bond acceptors (Lipinski definition) is 5. The summed E-state index contributed by atoms with van der Waals surface area (Å²) in [6.45, 7) is 9.57. The molecule has 1 fully saturated rings. The van der Waals surface area contributed by atoms with Gasteiger partial charge in [0.25, 0.3) is 0 Å². The Hall–Kier alpha value is -2.12. The first-order chi connectivity index (χ1) is 14.4. The second kappa shape index (κ2) is 9.79. The van der Waals surface area contributed by atoms with Gasteiger partial charge >= 0.3 is 0 Å². The van der Waals surface area contributed by atoms with Gasteiger partial charge in [0, 0.05) is 45.0 Å². The van der Waals surface area contributed by atoms with Crippen molar-refractivity contribution < 1.29 is 12.8 Å². The minimum Gasteiger partial charge on any atom is -0.370 e. The van der Waals surface area contributed by atoms with E-state index in [1.807, 2.05) is 12.1 Å². The van der Waals surface area contributed by atoms with E-state index in [2.05, 4.69) is 35.6 Å². The van der Waals surface area contributed by atoms with Crippen LogP contribution in [0.15, 0.2) is 52.3 Å². The molecule has 0 unspecified atom stereocenters. The Labute approximate surface area is 180 Å². The van der Waals surface area contributed by atoms with E-state index < -0.39 is 15.7 Å². The molecule has 1 saturated heterocycles. The van der Waals surface area contributed by atoms with Crippen molar-refractivity contribution in [1.29, 1.82) is 0 Å². The summed E-state index contributed by atoms with van der Waals surface area (Å²) in [5.41, 5.74) is 1.79. The third-order valence-electron chi connectivity index (χ3n) is 5.55. The normalized spacial score (nSPS) is 15.4. The molecule has 0 aromatic heterocycles. The summed E-state index contributed by atoms with van der Waals surface area (Å²) >= 11 is 0. The van der Waals surface area contributed by atoms with Crippen LogP contribution < -0.4 is 9.80 Å². The number of hydrogen-bond donors (Lipinski definition) is 0. The van der Waals surface area contributed by atoms with Crippen molar-refractivity contribution in [2.24, 2.45) is 0 Å². The lowest BCUT2D eigenvalue weighted by Crippen LogP contribution is -2.44. The molecule has 5 nitrogen and oxygen atoms in total. The highest BCUT2D eigenvalue weighted by Crippen LogP contribution is 2.34. The van der Waals surface area contributed by atoms with Gasteiger partial charge in [-0.1, -0.05) is 13.8 Å². The molecule has 0 bridgehead atoms. The van der Waals surface area contributed by atoms with E-state index in [0.717, 1.165) is 63.5 Å². The van der Waals surface area contributed by atoms with Crippen LogP contribution in [0.5, 0.6) is 0 Å². The van der Waals surface area contributed by atoms with Gasteiger partial charge in [0.2, 0.25) is 9.84 Å². The second-order valence-corrected chi connectivity index (χ2v) is 9.80. The number of piperazine rings is 1. The lowest BCUT2D eigenvalue weighted by molar-refractivity contribution is 0.313. The molecule has 0 aliphatic carbocycles. The molecule has 0 radical (unpaired) electrons. The first-order valence-electron chi connectivity index (χ1n) is 10.7. The predicted molar refractivity (Wildman–Crippen MR) is 121 cm³/mol. The summed E-state index contributed by atoms with van der Waals surface area (Å²) in [6, 6.07) is 10.7. The van der Waals surface area contributed by atoms with Crippen LogP contribution in [-0.4, -0.2) is 59.6 Å². The number of likely N-dealkylation sites (N-methyl/N-ethyl adjacent to an activating group) is 1. The molecular formula is C23H32FN3O2S. The Morgan fingerprint density at radius 2 is 1.53 bits per heavy atom. The minimum atomic E-state index is -3.76. The summed E-state index contributed by atoms with van der Waals surface area (Å²) in [5, 5.41) is 0. The molecule has 1 aliphatic rings. The molecule has 30 heavy (non-hydrogen) atoms. The van der Waals surface area contributed by atoms with E-state index in [1.54, 1.807) is 6.07 Å². The van der Waals surface area contributed by atoms with E-state index in [-0.39, 0.29) is 9.79 Å². The lowest BCUT2D eigenvalue weighted by atomic mass is 10.2. The highest BCUT2D eigenvalue weighted by molar-refractivity contribution is 7.91. The number of benzene rings is 2. The summed E-state index contributed by atoms with van der Waals surface area (Å²) in [4.78, 5) is 7.18. The Morgan fingerprint density at radius 3 is 2.10 bits per heavy atom. The third-order valence-corrected chi connectivity index (χ3v) is 7.37. The van der Waals surface area contributed by atoms with E-state index in [1.165, 1.54) is 24.3 Å². The first-order valence-corrected chi connectivity index (χ1v) is 12.2. The second-order valence-electron chi connectivity index (χ2n) is 7.89. The summed E-state index contributed by atoms with van der Waals surface area (Å²) in [5.74, 6) is -0.446. The van der Waals surface area contributed by atoms with Crippen molar-refractivity contribution in [3.8, 4) is 0 Å². The van der Waals surface area contributed by atoms with Crippen molar-refractivity contribution in [3.63, 3.8) is 0 Å². The van der Waals surface area contributed by atoms with E-state index in [4.69, 9.17) is 0 Å². The first kappa shape index (κ1) is 22.6. The molecule has 0 saturated carbocycles. The highest BCUT2D eigenvalue weighted by Gasteiger charge is 2.26. The fourth-order valence-electron chi connectivity index (χ4n) is 3.87. The Kier molecular flexibility index (Phi) is 7.36. The quantitative estimate of drug-likeness (QED) is 0.588. The van der Waals surface area contributed by atoms with Crippen LogP contribution in [0.3, 0.4) is 0 Å². The SMILES string of the molecule is CCCN(CCC)c1cc(N2CCN(C)CC2)ccc1S(=O)(=O)c1ccc(F)cc1. The minimum absolute atomic E-state index is 0.116. The zero-order chi connectivity index (χ0) is 21.7. The van der Waals surface area contributed by atoms with Crippen LogP contribution in [0.2, 0.25) is 0 Å². The Balaban J connectivity index is 2.07. The maximum Gasteiger partial charge on any atom is 0.208 e. The maximum atomic E-state index is 13.4. The molecule has 164 valence electrons. The van der Waals surface area contributed by atoms with E-state index in [9.17, 15) is 12.8 Å². The van der Waals surface area contributed by atoms with Crippen LogP contribution in [0.1, 0.15) is 26.7 Å². The lowest BCUT2D eigenvalue weighted by Gasteiger charge is -2.35. The predicted octanol–water partition coefficient (Wildman–Crippen LogP) is 4.04. The van der Waals surface area contributed by atoms with Gasteiger partial charge in [-0.3, -0.25) is 0 Å². The number of nitrogens with zero attached hydrogens (tertiary/aromatic N) is 3. The van der Waals surface area contributed by atoms with Crippen LogP contribution in [-0.2, 0) is 9.84 Å². The maximum absolute atomic E-state index is 13.4. The monoisotopic (exact) mass is 433 g/mol. The van der Waals surface area contributed by atoms with Crippen molar-refractivity contribution in [3.05, 3.63) is 48.3 Å². The molecule has 0 N–H and O–H groups in total. The molecule has 2 aromatic rings. The van der Waals surface area contributed by atoms with Gasteiger partial charge in [0.15, 0.2) is 0 Å². The summed E-state index contributed by atoms with van der Waals surface area (Å²) in [7, 11) is -1.64. The van der Waals surface area contributed by atoms with Gasteiger partial charge in [-0.2, -0.15) is 0 Å². The summed E-state index contributed by atoms with van der Waals surface area (Å²) < 4.78 is 40.2. The van der Waals surface area contributed by atoms with Gasteiger partial charge in [-0.25, -0.2) is 12.8 Å². The number of sulfone groups is 1. The number of rotatable bonds is 8. The molecule has 1 heterocycles. The molecule has 1 aliphatic heterocycles.